The van der Waals surface area contributed by atoms with Crippen LogP contribution in [-0.2, 0) is 0 Å². The highest BCUT2D eigenvalue weighted by Gasteiger charge is 2.43. The Bertz CT molecular complexity index is 1140. The third kappa shape index (κ3) is 3.93. The number of hydrogen-bond donors (Lipinski definition) is 0. The number of amides is 1. The molecule has 5 rings (SSSR count). The van der Waals surface area contributed by atoms with E-state index in [1.165, 1.54) is 17.2 Å². The highest BCUT2D eigenvalue weighted by atomic mass is 16.5. The van der Waals surface area contributed by atoms with Gasteiger partial charge in [0.2, 0.25) is 0 Å². The molecule has 0 bridgehead atoms. The summed E-state index contributed by atoms with van der Waals surface area (Å²) in [5, 5.41) is 4.20. The standard InChI is InChI=1S/C26H27N3O3/c1-17-14-29(27-25(17)18(2)30)26(31)28-15-21-12-24(13-22(21)16-28)32-23-10-6-9-20(11-23)19-7-4-3-5-8-19/h3-11,14,21-22,24H,12-13,15-16H2,1-2H3/t21-,22+,24?. The molecule has 1 saturated carbocycles. The van der Waals surface area contributed by atoms with Crippen molar-refractivity contribution in [3.63, 3.8) is 0 Å². The number of aryl methyl sites for hydroxylation is 1. The van der Waals surface area contributed by atoms with E-state index in [2.05, 4.69) is 29.4 Å². The molecule has 1 aliphatic carbocycles. The van der Waals surface area contributed by atoms with Crippen LogP contribution in [0.15, 0.2) is 60.8 Å². The van der Waals surface area contributed by atoms with Gasteiger partial charge in [0.25, 0.3) is 0 Å². The number of hydrogen-bond acceptors (Lipinski definition) is 4. The highest BCUT2D eigenvalue weighted by molar-refractivity contribution is 5.94. The van der Waals surface area contributed by atoms with Crippen LogP contribution >= 0.6 is 0 Å². The zero-order chi connectivity index (χ0) is 22.2. The minimum absolute atomic E-state index is 0.122. The lowest BCUT2D eigenvalue weighted by molar-refractivity contribution is 0.101. The Balaban J connectivity index is 1.21. The van der Waals surface area contributed by atoms with E-state index < -0.39 is 0 Å². The Hall–Kier alpha value is -3.41. The van der Waals surface area contributed by atoms with Gasteiger partial charge in [-0.05, 0) is 60.4 Å². The Kier molecular flexibility index (Phi) is 5.29. The monoisotopic (exact) mass is 429 g/mol. The van der Waals surface area contributed by atoms with Gasteiger partial charge in [-0.1, -0.05) is 42.5 Å². The zero-order valence-corrected chi connectivity index (χ0v) is 18.4. The van der Waals surface area contributed by atoms with Crippen LogP contribution in [0.1, 0.15) is 35.8 Å². The molecule has 6 nitrogen and oxygen atoms in total. The molecule has 3 aromatic rings. The molecule has 2 fully saturated rings. The van der Waals surface area contributed by atoms with Gasteiger partial charge < -0.3 is 9.64 Å². The summed E-state index contributed by atoms with van der Waals surface area (Å²) in [6.45, 7) is 4.70. The maximum Gasteiger partial charge on any atom is 0.344 e. The number of ketones is 1. The third-order valence-corrected chi connectivity index (χ3v) is 6.65. The smallest absolute Gasteiger partial charge is 0.344 e. The van der Waals surface area contributed by atoms with Crippen LogP contribution in [-0.4, -0.2) is 45.7 Å². The largest absolute Gasteiger partial charge is 0.490 e. The Morgan fingerprint density at radius 3 is 2.31 bits per heavy atom. The fraction of sp³-hybridized carbons (Fsp3) is 0.346. The molecule has 32 heavy (non-hydrogen) atoms. The number of likely N-dealkylation sites (tertiary alicyclic amines) is 1. The van der Waals surface area contributed by atoms with Crippen LogP contribution in [0, 0.1) is 18.8 Å². The number of ether oxygens (including phenoxy) is 1. The van der Waals surface area contributed by atoms with Gasteiger partial charge in [0.15, 0.2) is 5.78 Å². The molecular formula is C26H27N3O3. The Labute approximate surface area is 187 Å². The van der Waals surface area contributed by atoms with E-state index in [0.717, 1.165) is 29.7 Å². The van der Waals surface area contributed by atoms with E-state index in [-0.39, 0.29) is 17.9 Å². The normalized spacial score (nSPS) is 22.1. The second kappa shape index (κ2) is 8.26. The summed E-state index contributed by atoms with van der Waals surface area (Å²) in [6.07, 6.45) is 3.71. The summed E-state index contributed by atoms with van der Waals surface area (Å²) in [6, 6.07) is 18.4. The molecule has 2 aliphatic rings. The van der Waals surface area contributed by atoms with Crippen molar-refractivity contribution in [1.82, 2.24) is 14.7 Å². The molecule has 0 spiro atoms. The minimum atomic E-state index is -0.150. The van der Waals surface area contributed by atoms with Crippen LogP contribution in [0.5, 0.6) is 5.75 Å². The van der Waals surface area contributed by atoms with Crippen LogP contribution < -0.4 is 4.74 Å². The number of Topliss-reactive ketones (excluding diaryl/α,β-unsaturated/α-hetero) is 1. The number of benzene rings is 2. The lowest BCUT2D eigenvalue weighted by Gasteiger charge is -2.20. The molecule has 3 atom stereocenters. The summed E-state index contributed by atoms with van der Waals surface area (Å²) in [4.78, 5) is 26.4. The van der Waals surface area contributed by atoms with Gasteiger partial charge in [-0.25, -0.2) is 4.79 Å². The van der Waals surface area contributed by atoms with E-state index in [0.29, 0.717) is 30.6 Å². The van der Waals surface area contributed by atoms with Crippen LogP contribution in [0.4, 0.5) is 4.79 Å². The molecule has 2 heterocycles. The number of carbonyl (C=O) groups is 2. The quantitative estimate of drug-likeness (QED) is 0.558. The van der Waals surface area contributed by atoms with Gasteiger partial charge in [-0.15, -0.1) is 0 Å². The number of rotatable bonds is 4. The average molecular weight is 430 g/mol. The molecule has 1 aromatic heterocycles. The third-order valence-electron chi connectivity index (χ3n) is 6.65. The first kappa shape index (κ1) is 20.5. The van der Waals surface area contributed by atoms with Crippen molar-refractivity contribution in [2.24, 2.45) is 11.8 Å². The molecule has 1 aliphatic heterocycles. The van der Waals surface area contributed by atoms with Gasteiger partial charge in [0.1, 0.15) is 11.4 Å². The van der Waals surface area contributed by atoms with Crippen molar-refractivity contribution in [2.75, 3.05) is 13.1 Å². The SMILES string of the molecule is CC(=O)c1nn(C(=O)N2C[C@H]3CC(Oc4cccc(-c5ccccc5)c4)C[C@H]3C2)cc1C. The molecule has 1 amide bonds. The fourth-order valence-corrected chi connectivity index (χ4v) is 5.12. The van der Waals surface area contributed by atoms with Crippen molar-refractivity contribution < 1.29 is 14.3 Å². The van der Waals surface area contributed by atoms with Gasteiger partial charge >= 0.3 is 6.03 Å². The summed E-state index contributed by atoms with van der Waals surface area (Å²) in [7, 11) is 0. The first-order valence-electron chi connectivity index (χ1n) is 11.2. The second-order valence-corrected chi connectivity index (χ2v) is 8.97. The molecule has 1 saturated heterocycles. The number of carbonyl (C=O) groups excluding carboxylic acids is 2. The average Bonchev–Trinajstić information content (AvgIpc) is 3.47. The maximum absolute atomic E-state index is 12.9. The molecule has 6 heteroatoms. The van der Waals surface area contributed by atoms with E-state index in [1.807, 2.05) is 35.2 Å². The predicted molar refractivity (Wildman–Crippen MR) is 122 cm³/mol. The molecule has 0 N–H and O–H groups in total. The van der Waals surface area contributed by atoms with Crippen LogP contribution in [0.3, 0.4) is 0 Å². The molecule has 164 valence electrons. The van der Waals surface area contributed by atoms with E-state index in [9.17, 15) is 9.59 Å². The van der Waals surface area contributed by atoms with Crippen molar-refractivity contribution >= 4 is 11.8 Å². The van der Waals surface area contributed by atoms with Crippen molar-refractivity contribution in [2.45, 2.75) is 32.8 Å². The van der Waals surface area contributed by atoms with Gasteiger partial charge in [0.05, 0.1) is 6.10 Å². The highest BCUT2D eigenvalue weighted by Crippen LogP contribution is 2.40. The van der Waals surface area contributed by atoms with Gasteiger partial charge in [-0.2, -0.15) is 9.78 Å². The summed E-state index contributed by atoms with van der Waals surface area (Å²) in [5.74, 6) is 1.65. The zero-order valence-electron chi connectivity index (χ0n) is 18.4. The minimum Gasteiger partial charge on any atom is -0.490 e. The summed E-state index contributed by atoms with van der Waals surface area (Å²) >= 11 is 0. The predicted octanol–water partition coefficient (Wildman–Crippen LogP) is 4.82. The first-order valence-corrected chi connectivity index (χ1v) is 11.2. The van der Waals surface area contributed by atoms with Crippen molar-refractivity contribution in [1.29, 1.82) is 0 Å². The molecule has 0 radical (unpaired) electrons. The van der Waals surface area contributed by atoms with Crippen molar-refractivity contribution in [3.05, 3.63) is 72.1 Å². The number of aromatic nitrogens is 2. The van der Waals surface area contributed by atoms with E-state index in [1.54, 1.807) is 13.1 Å². The van der Waals surface area contributed by atoms with Crippen LogP contribution in [0.2, 0.25) is 0 Å². The van der Waals surface area contributed by atoms with Crippen LogP contribution in [0.25, 0.3) is 11.1 Å². The van der Waals surface area contributed by atoms with Gasteiger partial charge in [-0.3, -0.25) is 4.79 Å². The first-order chi connectivity index (χ1) is 15.5. The molecule has 2 aromatic carbocycles. The van der Waals surface area contributed by atoms with Gasteiger partial charge in [0, 0.05) is 26.2 Å². The molecule has 1 unspecified atom stereocenters. The Morgan fingerprint density at radius 1 is 0.969 bits per heavy atom. The topological polar surface area (TPSA) is 64.4 Å². The maximum atomic E-state index is 12.9. The summed E-state index contributed by atoms with van der Waals surface area (Å²) in [5.41, 5.74) is 3.43. The van der Waals surface area contributed by atoms with E-state index in [4.69, 9.17) is 4.74 Å². The second-order valence-electron chi connectivity index (χ2n) is 8.97. The summed E-state index contributed by atoms with van der Waals surface area (Å²) < 4.78 is 7.66. The molecular weight excluding hydrogens is 402 g/mol. The number of nitrogens with zero attached hydrogens (tertiary/aromatic N) is 3. The lowest BCUT2D eigenvalue weighted by Crippen LogP contribution is -2.34. The number of fused-ring (bicyclic) bond motifs is 1. The lowest BCUT2D eigenvalue weighted by atomic mass is 10.0. The van der Waals surface area contributed by atoms with E-state index >= 15 is 0 Å². The van der Waals surface area contributed by atoms with Crippen molar-refractivity contribution in [3.8, 4) is 16.9 Å². The Morgan fingerprint density at radius 2 is 1.66 bits per heavy atom. The fourth-order valence-electron chi connectivity index (χ4n) is 5.12.